The van der Waals surface area contributed by atoms with Crippen LogP contribution in [0.15, 0.2) is 51.4 Å². The molecule has 1 aromatic heterocycles. The van der Waals surface area contributed by atoms with Crippen LogP contribution in [-0.4, -0.2) is 5.97 Å². The number of hydrogen-bond acceptors (Lipinski definition) is 4. The number of carboxylic acid groups (broad SMARTS) is 1. The Morgan fingerprint density at radius 1 is 1.23 bits per heavy atom. The molecule has 3 aromatic rings. The van der Waals surface area contributed by atoms with Gasteiger partial charge in [-0.2, -0.15) is 0 Å². The van der Waals surface area contributed by atoms with Gasteiger partial charge in [-0.05, 0) is 42.8 Å². The molecule has 0 bridgehead atoms. The number of carboxylic acids is 1. The van der Waals surface area contributed by atoms with Crippen molar-refractivity contribution in [2.24, 2.45) is 0 Å². The Morgan fingerprint density at radius 3 is 2.64 bits per heavy atom. The zero-order chi connectivity index (χ0) is 15.7. The highest BCUT2D eigenvalue weighted by atomic mass is 79.9. The summed E-state index contributed by atoms with van der Waals surface area (Å²) in [5.41, 5.74) is 1.60. The number of carbonyl (C=O) groups is 1. The van der Waals surface area contributed by atoms with Crippen LogP contribution >= 0.6 is 15.9 Å². The molecular weight excluding hydrogens is 348 g/mol. The van der Waals surface area contributed by atoms with E-state index in [0.717, 1.165) is 10.0 Å². The zero-order valence-corrected chi connectivity index (χ0v) is 13.3. The fourth-order valence-corrected chi connectivity index (χ4v) is 2.55. The van der Waals surface area contributed by atoms with Crippen LogP contribution in [0, 0.1) is 6.92 Å². The van der Waals surface area contributed by atoms with Crippen LogP contribution in [0.3, 0.4) is 0 Å². The molecule has 0 aliphatic heterocycles. The molecule has 0 N–H and O–H groups in total. The number of halogens is 1. The summed E-state index contributed by atoms with van der Waals surface area (Å²) < 4.78 is 12.1. The first kappa shape index (κ1) is 14.7. The number of carbonyl (C=O) groups excluding carboxylic acids is 1. The van der Waals surface area contributed by atoms with E-state index < -0.39 is 5.97 Å². The molecule has 0 atom stereocenters. The minimum Gasteiger partial charge on any atom is -0.545 e. The number of aryl methyl sites for hydroxylation is 1. The lowest BCUT2D eigenvalue weighted by molar-refractivity contribution is -0.254. The van der Waals surface area contributed by atoms with E-state index >= 15 is 0 Å². The van der Waals surface area contributed by atoms with Crippen LogP contribution in [-0.2, 0) is 6.61 Å². The summed E-state index contributed by atoms with van der Waals surface area (Å²) in [5.74, 6) is -0.333. The lowest BCUT2D eigenvalue weighted by atomic mass is 10.1. The van der Waals surface area contributed by atoms with Crippen molar-refractivity contribution in [3.8, 4) is 5.75 Å². The van der Waals surface area contributed by atoms with Gasteiger partial charge in [0.1, 0.15) is 23.7 Å². The van der Waals surface area contributed by atoms with E-state index in [-0.39, 0.29) is 5.56 Å². The third kappa shape index (κ3) is 2.85. The molecule has 0 fully saturated rings. The number of hydrogen-bond donors (Lipinski definition) is 0. The second-order valence-electron chi connectivity index (χ2n) is 4.89. The molecule has 2 aromatic carbocycles. The van der Waals surface area contributed by atoms with Gasteiger partial charge in [0.05, 0.1) is 5.97 Å². The minimum atomic E-state index is -1.25. The average molecular weight is 360 g/mol. The van der Waals surface area contributed by atoms with Crippen molar-refractivity contribution in [3.05, 3.63) is 63.8 Å². The summed E-state index contributed by atoms with van der Waals surface area (Å²) >= 11 is 3.38. The second kappa shape index (κ2) is 5.85. The molecule has 0 radical (unpaired) electrons. The molecule has 0 aliphatic carbocycles. The van der Waals surface area contributed by atoms with Gasteiger partial charge in [0.2, 0.25) is 0 Å². The first-order valence-electron chi connectivity index (χ1n) is 6.66. The maximum atomic E-state index is 11.2. The highest BCUT2D eigenvalue weighted by molar-refractivity contribution is 9.10. The molecule has 22 heavy (non-hydrogen) atoms. The molecule has 5 heteroatoms. The fourth-order valence-electron chi connectivity index (χ4n) is 2.29. The molecule has 0 unspecified atom stereocenters. The predicted molar refractivity (Wildman–Crippen MR) is 83.8 cm³/mol. The van der Waals surface area contributed by atoms with E-state index in [0.29, 0.717) is 29.1 Å². The summed E-state index contributed by atoms with van der Waals surface area (Å²) in [6, 6.07) is 12.9. The molecule has 1 heterocycles. The van der Waals surface area contributed by atoms with Gasteiger partial charge in [0, 0.05) is 15.4 Å². The Hall–Kier alpha value is -2.27. The van der Waals surface area contributed by atoms with Crippen molar-refractivity contribution in [1.29, 1.82) is 0 Å². The first-order valence-corrected chi connectivity index (χ1v) is 7.45. The predicted octanol–water partition coefficient (Wildman–Crippen LogP) is 3.45. The lowest BCUT2D eigenvalue weighted by Gasteiger charge is -2.07. The Bertz CT molecular complexity index is 834. The van der Waals surface area contributed by atoms with Crippen molar-refractivity contribution in [3.63, 3.8) is 0 Å². The molecule has 3 rings (SSSR count). The van der Waals surface area contributed by atoms with Gasteiger partial charge in [0.15, 0.2) is 0 Å². The molecule has 0 saturated heterocycles. The summed E-state index contributed by atoms with van der Waals surface area (Å²) in [7, 11) is 0. The van der Waals surface area contributed by atoms with Gasteiger partial charge >= 0.3 is 0 Å². The molecule has 112 valence electrons. The number of benzene rings is 2. The van der Waals surface area contributed by atoms with Crippen molar-refractivity contribution in [2.75, 3.05) is 0 Å². The molecule has 0 aliphatic rings. The molecule has 0 spiro atoms. The Morgan fingerprint density at radius 2 is 1.95 bits per heavy atom. The van der Waals surface area contributed by atoms with Crippen LogP contribution in [0.25, 0.3) is 11.0 Å². The number of aromatic carboxylic acids is 1. The Balaban J connectivity index is 1.86. The first-order chi connectivity index (χ1) is 10.5. The van der Waals surface area contributed by atoms with Crippen molar-refractivity contribution >= 4 is 32.9 Å². The topological polar surface area (TPSA) is 62.5 Å². The molecule has 0 saturated carbocycles. The van der Waals surface area contributed by atoms with Crippen molar-refractivity contribution < 1.29 is 19.1 Å². The Kier molecular flexibility index (Phi) is 3.90. The normalized spacial score (nSPS) is 10.8. The summed E-state index contributed by atoms with van der Waals surface area (Å²) in [4.78, 5) is 11.2. The van der Waals surface area contributed by atoms with E-state index in [2.05, 4.69) is 15.9 Å². The van der Waals surface area contributed by atoms with E-state index in [1.165, 1.54) is 0 Å². The highest BCUT2D eigenvalue weighted by Gasteiger charge is 2.12. The minimum absolute atomic E-state index is 0.0732. The van der Waals surface area contributed by atoms with E-state index in [1.54, 1.807) is 25.1 Å². The highest BCUT2D eigenvalue weighted by Crippen LogP contribution is 2.29. The standard InChI is InChI=1S/C17H13BrO4/c1-10-16(17(19)20)14-8-13(6-7-15(14)22-10)21-9-11-2-4-12(18)5-3-11/h2-8H,9H2,1H3,(H,19,20)/p-1. The number of ether oxygens (including phenoxy) is 1. The van der Waals surface area contributed by atoms with E-state index in [1.807, 2.05) is 24.3 Å². The monoisotopic (exact) mass is 359 g/mol. The molecule has 4 nitrogen and oxygen atoms in total. The number of furan rings is 1. The maximum absolute atomic E-state index is 11.2. The summed E-state index contributed by atoms with van der Waals surface area (Å²) in [6.45, 7) is 2.00. The molecular formula is C17H12BrO4-. The van der Waals surface area contributed by atoms with Gasteiger partial charge in [-0.25, -0.2) is 0 Å². The largest absolute Gasteiger partial charge is 0.545 e. The summed E-state index contributed by atoms with van der Waals surface area (Å²) in [5, 5.41) is 11.7. The lowest BCUT2D eigenvalue weighted by Crippen LogP contribution is -2.22. The zero-order valence-electron chi connectivity index (χ0n) is 11.8. The quantitative estimate of drug-likeness (QED) is 0.715. The SMILES string of the molecule is Cc1oc2ccc(OCc3ccc(Br)cc3)cc2c1C(=O)[O-]. The van der Waals surface area contributed by atoms with Gasteiger partial charge in [-0.1, -0.05) is 28.1 Å². The third-order valence-electron chi connectivity index (χ3n) is 3.36. The Labute approximate surface area is 135 Å². The van der Waals surface area contributed by atoms with E-state index in [9.17, 15) is 9.90 Å². The average Bonchev–Trinajstić information content (AvgIpc) is 2.82. The maximum Gasteiger partial charge on any atom is 0.135 e. The third-order valence-corrected chi connectivity index (χ3v) is 3.89. The van der Waals surface area contributed by atoms with Gasteiger partial charge in [-0.15, -0.1) is 0 Å². The number of fused-ring (bicyclic) bond motifs is 1. The van der Waals surface area contributed by atoms with Crippen LogP contribution in [0.5, 0.6) is 5.75 Å². The van der Waals surface area contributed by atoms with Crippen LogP contribution in [0.1, 0.15) is 21.7 Å². The number of rotatable bonds is 4. The van der Waals surface area contributed by atoms with Crippen LogP contribution < -0.4 is 9.84 Å². The van der Waals surface area contributed by atoms with Gasteiger partial charge in [0.25, 0.3) is 0 Å². The fraction of sp³-hybridized carbons (Fsp3) is 0.118. The molecule has 0 amide bonds. The van der Waals surface area contributed by atoms with Crippen molar-refractivity contribution in [2.45, 2.75) is 13.5 Å². The van der Waals surface area contributed by atoms with Crippen molar-refractivity contribution in [1.82, 2.24) is 0 Å². The van der Waals surface area contributed by atoms with Gasteiger partial charge in [-0.3, -0.25) is 0 Å². The summed E-state index contributed by atoms with van der Waals surface area (Å²) in [6.07, 6.45) is 0. The second-order valence-corrected chi connectivity index (χ2v) is 5.81. The van der Waals surface area contributed by atoms with Crippen LogP contribution in [0.4, 0.5) is 0 Å². The van der Waals surface area contributed by atoms with Gasteiger partial charge < -0.3 is 19.1 Å². The smallest absolute Gasteiger partial charge is 0.135 e. The van der Waals surface area contributed by atoms with E-state index in [4.69, 9.17) is 9.15 Å². The van der Waals surface area contributed by atoms with Crippen LogP contribution in [0.2, 0.25) is 0 Å².